The molecule has 0 spiro atoms. The molecule has 5 heteroatoms. The molecule has 0 aromatic carbocycles. The molecule has 0 unspecified atom stereocenters. The van der Waals surface area contributed by atoms with E-state index in [9.17, 15) is 9.59 Å². The van der Waals surface area contributed by atoms with Crippen LogP contribution in [0.4, 0.5) is 0 Å². The Morgan fingerprint density at radius 3 is 2.27 bits per heavy atom. The summed E-state index contributed by atoms with van der Waals surface area (Å²) in [7, 11) is 0. The first-order chi connectivity index (χ1) is 5.20. The van der Waals surface area contributed by atoms with Crippen molar-refractivity contribution in [3.8, 4) is 0 Å². The van der Waals surface area contributed by atoms with Crippen molar-refractivity contribution in [2.45, 2.75) is 13.3 Å². The summed E-state index contributed by atoms with van der Waals surface area (Å²) in [5.74, 6) is -1.20. The van der Waals surface area contributed by atoms with E-state index in [1.54, 1.807) is 6.92 Å². The molecule has 0 fully saturated rings. The SMILES string of the molecule is CCOC(=O)CC(=O)OCS. The van der Waals surface area contributed by atoms with Crippen LogP contribution in [0.2, 0.25) is 0 Å². The third-order valence-electron chi connectivity index (χ3n) is 0.820. The monoisotopic (exact) mass is 178 g/mol. The number of rotatable bonds is 4. The van der Waals surface area contributed by atoms with Crippen molar-refractivity contribution < 1.29 is 19.1 Å². The van der Waals surface area contributed by atoms with Gasteiger partial charge in [0, 0.05) is 0 Å². The van der Waals surface area contributed by atoms with Crippen molar-refractivity contribution in [1.82, 2.24) is 0 Å². The van der Waals surface area contributed by atoms with Crippen LogP contribution in [-0.2, 0) is 19.1 Å². The van der Waals surface area contributed by atoms with Crippen LogP contribution in [0, 0.1) is 0 Å². The van der Waals surface area contributed by atoms with E-state index < -0.39 is 11.9 Å². The summed E-state index contributed by atoms with van der Waals surface area (Å²) >= 11 is 3.64. The lowest BCUT2D eigenvalue weighted by Gasteiger charge is -2.00. The van der Waals surface area contributed by atoms with Crippen LogP contribution in [0.1, 0.15) is 13.3 Å². The summed E-state index contributed by atoms with van der Waals surface area (Å²) in [4.78, 5) is 21.1. The smallest absolute Gasteiger partial charge is 0.317 e. The molecular formula is C6H10O4S. The van der Waals surface area contributed by atoms with Gasteiger partial charge < -0.3 is 9.47 Å². The van der Waals surface area contributed by atoms with Gasteiger partial charge in [0.2, 0.25) is 0 Å². The van der Waals surface area contributed by atoms with Gasteiger partial charge in [-0.1, -0.05) is 0 Å². The lowest BCUT2D eigenvalue weighted by molar-refractivity contribution is -0.153. The van der Waals surface area contributed by atoms with Gasteiger partial charge in [0.1, 0.15) is 12.4 Å². The second-order valence-electron chi connectivity index (χ2n) is 1.63. The first kappa shape index (κ1) is 10.3. The summed E-state index contributed by atoms with van der Waals surface area (Å²) in [6.07, 6.45) is -0.339. The minimum Gasteiger partial charge on any atom is -0.466 e. The molecule has 0 aliphatic carbocycles. The molecule has 0 bridgehead atoms. The average molecular weight is 178 g/mol. The Morgan fingerprint density at radius 2 is 1.82 bits per heavy atom. The number of esters is 2. The Balaban J connectivity index is 3.49. The summed E-state index contributed by atoms with van der Waals surface area (Å²) in [5, 5.41) is 0. The molecule has 0 heterocycles. The molecule has 0 aromatic rings. The van der Waals surface area contributed by atoms with Gasteiger partial charge in [0.05, 0.1) is 6.61 Å². The molecule has 11 heavy (non-hydrogen) atoms. The zero-order valence-corrected chi connectivity index (χ0v) is 7.10. The number of carbonyl (C=O) groups is 2. The number of hydrogen-bond acceptors (Lipinski definition) is 5. The van der Waals surface area contributed by atoms with Crippen LogP contribution in [-0.4, -0.2) is 24.5 Å². The van der Waals surface area contributed by atoms with E-state index in [1.807, 2.05) is 0 Å². The van der Waals surface area contributed by atoms with E-state index in [1.165, 1.54) is 0 Å². The molecule has 0 amide bonds. The van der Waals surface area contributed by atoms with Gasteiger partial charge in [-0.25, -0.2) is 0 Å². The minimum atomic E-state index is -0.613. The van der Waals surface area contributed by atoms with Gasteiger partial charge in [0.15, 0.2) is 0 Å². The molecule has 0 aliphatic rings. The van der Waals surface area contributed by atoms with Crippen LogP contribution in [0.5, 0.6) is 0 Å². The standard InChI is InChI=1S/C6H10O4S/c1-2-9-5(7)3-6(8)10-4-11/h11H,2-4H2,1H3. The van der Waals surface area contributed by atoms with Crippen molar-refractivity contribution >= 4 is 24.6 Å². The molecule has 0 saturated carbocycles. The predicted molar refractivity (Wildman–Crippen MR) is 41.2 cm³/mol. The molecule has 0 saturated heterocycles. The highest BCUT2D eigenvalue weighted by molar-refractivity contribution is 7.80. The molecule has 0 aliphatic heterocycles. The maximum Gasteiger partial charge on any atom is 0.317 e. The molecule has 0 rings (SSSR count). The summed E-state index contributed by atoms with van der Waals surface area (Å²) in [5.41, 5.74) is 0. The summed E-state index contributed by atoms with van der Waals surface area (Å²) in [6, 6.07) is 0. The van der Waals surface area contributed by atoms with Crippen molar-refractivity contribution in [2.75, 3.05) is 12.5 Å². The summed E-state index contributed by atoms with van der Waals surface area (Å²) < 4.78 is 8.88. The molecule has 0 aromatic heterocycles. The molecule has 64 valence electrons. The lowest BCUT2D eigenvalue weighted by atomic mass is 10.4. The number of carbonyl (C=O) groups excluding carboxylic acids is 2. The van der Waals surface area contributed by atoms with Crippen LogP contribution >= 0.6 is 12.6 Å². The Hall–Kier alpha value is -0.710. The van der Waals surface area contributed by atoms with Crippen LogP contribution in [0.3, 0.4) is 0 Å². The zero-order valence-electron chi connectivity index (χ0n) is 6.20. The maximum absolute atomic E-state index is 10.6. The van der Waals surface area contributed by atoms with Gasteiger partial charge in [-0.05, 0) is 6.92 Å². The Morgan fingerprint density at radius 1 is 1.27 bits per heavy atom. The predicted octanol–water partition coefficient (Wildman–Crippen LogP) is 0.370. The van der Waals surface area contributed by atoms with Gasteiger partial charge in [0.25, 0.3) is 0 Å². The van der Waals surface area contributed by atoms with Crippen LogP contribution in [0.25, 0.3) is 0 Å². The second kappa shape index (κ2) is 6.03. The first-order valence-electron chi connectivity index (χ1n) is 3.12. The van der Waals surface area contributed by atoms with E-state index in [4.69, 9.17) is 0 Å². The van der Waals surface area contributed by atoms with E-state index in [-0.39, 0.29) is 19.0 Å². The molecule has 0 radical (unpaired) electrons. The third kappa shape index (κ3) is 5.72. The number of thiol groups is 1. The highest BCUT2D eigenvalue weighted by Gasteiger charge is 2.09. The van der Waals surface area contributed by atoms with Gasteiger partial charge in [-0.2, -0.15) is 0 Å². The number of hydrogen-bond donors (Lipinski definition) is 1. The van der Waals surface area contributed by atoms with Crippen LogP contribution < -0.4 is 0 Å². The van der Waals surface area contributed by atoms with E-state index >= 15 is 0 Å². The molecular weight excluding hydrogens is 168 g/mol. The maximum atomic E-state index is 10.6. The molecule has 4 nitrogen and oxygen atoms in total. The van der Waals surface area contributed by atoms with Crippen molar-refractivity contribution in [2.24, 2.45) is 0 Å². The Kier molecular flexibility index (Phi) is 5.64. The fraction of sp³-hybridized carbons (Fsp3) is 0.667. The minimum absolute atomic E-state index is 0.0156. The van der Waals surface area contributed by atoms with Gasteiger partial charge in [-0.15, -0.1) is 12.6 Å². The van der Waals surface area contributed by atoms with E-state index in [2.05, 4.69) is 22.1 Å². The topological polar surface area (TPSA) is 52.6 Å². The molecule has 0 atom stereocenters. The first-order valence-corrected chi connectivity index (χ1v) is 3.76. The zero-order chi connectivity index (χ0) is 8.69. The Bertz CT molecular complexity index is 130. The highest BCUT2D eigenvalue weighted by Crippen LogP contribution is 1.91. The van der Waals surface area contributed by atoms with Crippen molar-refractivity contribution in [3.05, 3.63) is 0 Å². The van der Waals surface area contributed by atoms with Crippen LogP contribution in [0.15, 0.2) is 0 Å². The second-order valence-corrected chi connectivity index (χ2v) is 1.89. The van der Waals surface area contributed by atoms with Gasteiger partial charge >= 0.3 is 11.9 Å². The van der Waals surface area contributed by atoms with E-state index in [0.29, 0.717) is 0 Å². The molecule has 0 N–H and O–H groups in total. The summed E-state index contributed by atoms with van der Waals surface area (Å²) in [6.45, 7) is 1.94. The van der Waals surface area contributed by atoms with Gasteiger partial charge in [-0.3, -0.25) is 9.59 Å². The Labute approximate surface area is 70.3 Å². The van der Waals surface area contributed by atoms with Crippen molar-refractivity contribution in [1.29, 1.82) is 0 Å². The normalized spacial score (nSPS) is 8.91. The fourth-order valence-corrected chi connectivity index (χ4v) is 0.597. The lowest BCUT2D eigenvalue weighted by Crippen LogP contribution is -2.13. The third-order valence-corrected chi connectivity index (χ3v) is 0.949. The average Bonchev–Trinajstić information content (AvgIpc) is 1.87. The number of ether oxygens (including phenoxy) is 2. The van der Waals surface area contributed by atoms with E-state index in [0.717, 1.165) is 0 Å². The van der Waals surface area contributed by atoms with Crippen molar-refractivity contribution in [3.63, 3.8) is 0 Å². The highest BCUT2D eigenvalue weighted by atomic mass is 32.1. The quantitative estimate of drug-likeness (QED) is 0.292. The largest absolute Gasteiger partial charge is 0.466 e. The fourth-order valence-electron chi connectivity index (χ4n) is 0.453.